The number of ketones is 1. The fourth-order valence-electron chi connectivity index (χ4n) is 3.99. The van der Waals surface area contributed by atoms with Gasteiger partial charge in [-0.25, -0.2) is 9.97 Å². The predicted octanol–water partition coefficient (Wildman–Crippen LogP) is 1.24. The van der Waals surface area contributed by atoms with Crippen LogP contribution in [0.1, 0.15) is 28.8 Å². The van der Waals surface area contributed by atoms with Crippen LogP contribution in [-0.4, -0.2) is 80.9 Å². The summed E-state index contributed by atoms with van der Waals surface area (Å²) in [5.41, 5.74) is 1.40. The number of hydrogen-bond acceptors (Lipinski definition) is 8. The standard InChI is InChI=1S/C22H25N5O4/c1-14-16(13-24-15(2)25-14)20(28)18-19(17-5-3-4-6-23-17)27(22(30)21(18)29)8-7-26-9-11-31-12-10-26/h3-6,13,19,28H,7-12H2,1-2H3/b20-18+/t19-/m1/s1. The highest BCUT2D eigenvalue weighted by atomic mass is 16.5. The Morgan fingerprint density at radius 3 is 2.61 bits per heavy atom. The summed E-state index contributed by atoms with van der Waals surface area (Å²) in [7, 11) is 0. The van der Waals surface area contributed by atoms with E-state index >= 15 is 0 Å². The van der Waals surface area contributed by atoms with E-state index in [1.807, 2.05) is 0 Å². The van der Waals surface area contributed by atoms with Gasteiger partial charge in [-0.15, -0.1) is 0 Å². The van der Waals surface area contributed by atoms with Crippen molar-refractivity contribution in [1.82, 2.24) is 24.8 Å². The van der Waals surface area contributed by atoms with E-state index in [-0.39, 0.29) is 11.3 Å². The lowest BCUT2D eigenvalue weighted by Crippen LogP contribution is -2.42. The van der Waals surface area contributed by atoms with Gasteiger partial charge in [0, 0.05) is 38.6 Å². The summed E-state index contributed by atoms with van der Waals surface area (Å²) in [6.07, 6.45) is 3.08. The molecule has 0 spiro atoms. The molecule has 1 N–H and O–H groups in total. The van der Waals surface area contributed by atoms with E-state index in [4.69, 9.17) is 4.74 Å². The first kappa shape index (κ1) is 21.1. The zero-order valence-corrected chi connectivity index (χ0v) is 17.6. The van der Waals surface area contributed by atoms with Crippen molar-refractivity contribution in [3.05, 3.63) is 58.9 Å². The second-order valence-corrected chi connectivity index (χ2v) is 7.62. The summed E-state index contributed by atoms with van der Waals surface area (Å²) in [4.78, 5) is 42.5. The first-order valence-electron chi connectivity index (χ1n) is 10.3. The average molecular weight is 423 g/mol. The molecule has 1 amide bonds. The van der Waals surface area contributed by atoms with Crippen LogP contribution in [0.5, 0.6) is 0 Å². The predicted molar refractivity (Wildman–Crippen MR) is 112 cm³/mol. The van der Waals surface area contributed by atoms with Gasteiger partial charge in [-0.1, -0.05) is 6.07 Å². The molecule has 0 bridgehead atoms. The van der Waals surface area contributed by atoms with Crippen molar-refractivity contribution in [1.29, 1.82) is 0 Å². The number of aryl methyl sites for hydroxylation is 2. The lowest BCUT2D eigenvalue weighted by Gasteiger charge is -2.30. The summed E-state index contributed by atoms with van der Waals surface area (Å²) < 4.78 is 5.38. The van der Waals surface area contributed by atoms with Crippen molar-refractivity contribution in [2.45, 2.75) is 19.9 Å². The molecular weight excluding hydrogens is 398 g/mol. The Bertz CT molecular complexity index is 1020. The van der Waals surface area contributed by atoms with Gasteiger partial charge in [0.15, 0.2) is 0 Å². The Labute approximate surface area is 180 Å². The van der Waals surface area contributed by atoms with Crippen LogP contribution in [-0.2, 0) is 14.3 Å². The number of pyridine rings is 1. The molecule has 4 rings (SSSR count). The highest BCUT2D eigenvalue weighted by Gasteiger charge is 2.46. The topological polar surface area (TPSA) is 109 Å². The molecule has 0 aromatic carbocycles. The summed E-state index contributed by atoms with van der Waals surface area (Å²) >= 11 is 0. The van der Waals surface area contributed by atoms with Gasteiger partial charge >= 0.3 is 0 Å². The zero-order valence-electron chi connectivity index (χ0n) is 17.6. The minimum Gasteiger partial charge on any atom is -0.507 e. The molecule has 31 heavy (non-hydrogen) atoms. The molecule has 4 heterocycles. The Morgan fingerprint density at radius 2 is 1.94 bits per heavy atom. The number of ether oxygens (including phenoxy) is 1. The normalized spacial score (nSPS) is 21.6. The third kappa shape index (κ3) is 4.19. The van der Waals surface area contributed by atoms with Crippen molar-refractivity contribution in [3.63, 3.8) is 0 Å². The van der Waals surface area contributed by atoms with Gasteiger partial charge in [0.25, 0.3) is 11.7 Å². The quantitative estimate of drug-likeness (QED) is 0.435. The van der Waals surface area contributed by atoms with Crippen LogP contribution in [0.4, 0.5) is 0 Å². The number of nitrogens with zero attached hydrogens (tertiary/aromatic N) is 5. The van der Waals surface area contributed by atoms with Crippen LogP contribution in [0.3, 0.4) is 0 Å². The van der Waals surface area contributed by atoms with Gasteiger partial charge in [0.05, 0.1) is 35.7 Å². The maximum Gasteiger partial charge on any atom is 0.295 e. The number of hydrogen-bond donors (Lipinski definition) is 1. The molecule has 9 heteroatoms. The van der Waals surface area contributed by atoms with Gasteiger partial charge < -0.3 is 14.7 Å². The highest BCUT2D eigenvalue weighted by molar-refractivity contribution is 6.46. The monoisotopic (exact) mass is 423 g/mol. The molecule has 2 fully saturated rings. The summed E-state index contributed by atoms with van der Waals surface area (Å²) in [6, 6.07) is 4.54. The number of carbonyl (C=O) groups excluding carboxylic acids is 2. The minimum atomic E-state index is -0.775. The van der Waals surface area contributed by atoms with Gasteiger partial charge in [-0.05, 0) is 26.0 Å². The van der Waals surface area contributed by atoms with Gasteiger partial charge in [-0.2, -0.15) is 0 Å². The third-order valence-corrected chi connectivity index (χ3v) is 5.62. The van der Waals surface area contributed by atoms with Crippen LogP contribution < -0.4 is 0 Å². The molecule has 2 aliphatic heterocycles. The Balaban J connectivity index is 1.74. The lowest BCUT2D eigenvalue weighted by molar-refractivity contribution is -0.140. The van der Waals surface area contributed by atoms with Gasteiger partial charge in [-0.3, -0.25) is 19.5 Å². The summed E-state index contributed by atoms with van der Waals surface area (Å²) in [5.74, 6) is -1.09. The summed E-state index contributed by atoms with van der Waals surface area (Å²) in [6.45, 7) is 7.27. The smallest absolute Gasteiger partial charge is 0.295 e. The van der Waals surface area contributed by atoms with Crippen molar-refractivity contribution >= 4 is 17.4 Å². The average Bonchev–Trinajstić information content (AvgIpc) is 3.03. The number of Topliss-reactive ketones (excluding diaryl/α,β-unsaturated/α-hetero) is 1. The third-order valence-electron chi connectivity index (χ3n) is 5.62. The minimum absolute atomic E-state index is 0.0150. The second kappa shape index (κ2) is 8.91. The second-order valence-electron chi connectivity index (χ2n) is 7.62. The van der Waals surface area contributed by atoms with Crippen molar-refractivity contribution in [3.8, 4) is 0 Å². The van der Waals surface area contributed by atoms with Crippen LogP contribution in [0, 0.1) is 13.8 Å². The fraction of sp³-hybridized carbons (Fsp3) is 0.409. The number of likely N-dealkylation sites (tertiary alicyclic amines) is 1. The first-order chi connectivity index (χ1) is 15.0. The van der Waals surface area contributed by atoms with Gasteiger partial charge in [0.2, 0.25) is 0 Å². The molecule has 2 aromatic heterocycles. The van der Waals surface area contributed by atoms with E-state index in [1.165, 1.54) is 11.1 Å². The Hall–Kier alpha value is -3.17. The first-order valence-corrected chi connectivity index (χ1v) is 10.3. The van der Waals surface area contributed by atoms with Crippen molar-refractivity contribution in [2.75, 3.05) is 39.4 Å². The van der Waals surface area contributed by atoms with Crippen LogP contribution >= 0.6 is 0 Å². The lowest BCUT2D eigenvalue weighted by atomic mass is 9.98. The molecule has 0 saturated carbocycles. The van der Waals surface area contributed by atoms with Crippen LogP contribution in [0.25, 0.3) is 5.76 Å². The van der Waals surface area contributed by atoms with E-state index in [2.05, 4.69) is 19.9 Å². The molecule has 2 aromatic rings. The van der Waals surface area contributed by atoms with E-state index in [1.54, 1.807) is 38.2 Å². The summed E-state index contributed by atoms with van der Waals surface area (Å²) in [5, 5.41) is 11.1. The number of aromatic nitrogens is 3. The maximum atomic E-state index is 13.0. The molecule has 2 aliphatic rings. The highest BCUT2D eigenvalue weighted by Crippen LogP contribution is 2.38. The zero-order chi connectivity index (χ0) is 22.0. The maximum absolute atomic E-state index is 13.0. The molecule has 9 nitrogen and oxygen atoms in total. The Morgan fingerprint density at radius 1 is 1.16 bits per heavy atom. The van der Waals surface area contributed by atoms with E-state index in [0.717, 1.165) is 13.1 Å². The fourth-order valence-corrected chi connectivity index (χ4v) is 3.99. The molecular formula is C22H25N5O4. The molecule has 0 radical (unpaired) electrons. The Kier molecular flexibility index (Phi) is 6.06. The van der Waals surface area contributed by atoms with Crippen molar-refractivity contribution in [2.24, 2.45) is 0 Å². The molecule has 2 saturated heterocycles. The molecule has 162 valence electrons. The number of carbonyl (C=O) groups is 2. The number of rotatable bonds is 5. The molecule has 0 aliphatic carbocycles. The molecule has 0 unspecified atom stereocenters. The number of amides is 1. The van der Waals surface area contributed by atoms with Crippen molar-refractivity contribution < 1.29 is 19.4 Å². The number of morpholine rings is 1. The van der Waals surface area contributed by atoms with Crippen LogP contribution in [0.15, 0.2) is 36.2 Å². The van der Waals surface area contributed by atoms with E-state index in [9.17, 15) is 14.7 Å². The number of aliphatic hydroxyl groups is 1. The SMILES string of the molecule is Cc1ncc(/C(O)=C2\C(=O)C(=O)N(CCN3CCOCC3)[C@@H]2c2ccccn2)c(C)n1. The van der Waals surface area contributed by atoms with E-state index < -0.39 is 17.7 Å². The van der Waals surface area contributed by atoms with E-state index in [0.29, 0.717) is 49.1 Å². The largest absolute Gasteiger partial charge is 0.507 e. The molecule has 1 atom stereocenters. The van der Waals surface area contributed by atoms with Crippen LogP contribution in [0.2, 0.25) is 0 Å². The number of aliphatic hydroxyl groups excluding tert-OH is 1. The van der Waals surface area contributed by atoms with Gasteiger partial charge in [0.1, 0.15) is 17.6 Å².